The average molecular weight is 240 g/mol. The number of aryl methyl sites for hydroxylation is 3. The first-order valence-corrected chi connectivity index (χ1v) is 6.08. The largest absolute Gasteiger partial charge is 0.207 e. The van der Waals surface area contributed by atoms with Crippen LogP contribution < -0.4 is 0 Å². The molecule has 0 unspecified atom stereocenters. The van der Waals surface area contributed by atoms with Crippen LogP contribution in [0.5, 0.6) is 0 Å². The molecule has 0 aliphatic rings. The number of halogens is 1. The van der Waals surface area contributed by atoms with E-state index in [1.807, 2.05) is 18.2 Å². The third-order valence-corrected chi connectivity index (χ3v) is 3.20. The Morgan fingerprint density at radius 2 is 1.28 bits per heavy atom. The van der Waals surface area contributed by atoms with Crippen molar-refractivity contribution in [3.8, 4) is 0 Å². The van der Waals surface area contributed by atoms with Crippen molar-refractivity contribution < 1.29 is 4.39 Å². The number of hydrogen-bond acceptors (Lipinski definition) is 0. The summed E-state index contributed by atoms with van der Waals surface area (Å²) in [6.45, 7) is 5.96. The fourth-order valence-electron chi connectivity index (χ4n) is 1.77. The summed E-state index contributed by atoms with van der Waals surface area (Å²) in [5, 5.41) is 0. The van der Waals surface area contributed by atoms with E-state index < -0.39 is 0 Å². The Morgan fingerprint density at radius 3 is 1.83 bits per heavy atom. The summed E-state index contributed by atoms with van der Waals surface area (Å²) in [7, 11) is 0. The number of hydrogen-bond donors (Lipinski definition) is 0. The van der Waals surface area contributed by atoms with Crippen molar-refractivity contribution in [2.75, 3.05) is 0 Å². The molecule has 1 heteroatoms. The molecule has 0 aliphatic heterocycles. The van der Waals surface area contributed by atoms with Crippen LogP contribution in [0.2, 0.25) is 0 Å². The van der Waals surface area contributed by atoms with Crippen molar-refractivity contribution in [2.45, 2.75) is 20.8 Å². The summed E-state index contributed by atoms with van der Waals surface area (Å²) in [5.74, 6) is -0.155. The molecule has 0 bridgehead atoms. The molecule has 2 rings (SSSR count). The lowest BCUT2D eigenvalue weighted by Gasteiger charge is -2.01. The van der Waals surface area contributed by atoms with E-state index in [4.69, 9.17) is 0 Å². The monoisotopic (exact) mass is 240 g/mol. The Labute approximate surface area is 108 Å². The molecule has 2 aromatic carbocycles. The standard InChI is InChI=1S/C17H17F/c1-12-4-6-15(10-14(12)3)8-9-16-7-5-13(2)17(18)11-16/h4-11H,1-3H3/b9-8+. The summed E-state index contributed by atoms with van der Waals surface area (Å²) in [6, 6.07) is 11.6. The van der Waals surface area contributed by atoms with Gasteiger partial charge in [0.15, 0.2) is 0 Å². The van der Waals surface area contributed by atoms with Crippen LogP contribution >= 0.6 is 0 Å². The van der Waals surface area contributed by atoms with Gasteiger partial charge in [-0.3, -0.25) is 0 Å². The minimum Gasteiger partial charge on any atom is -0.207 e. The first-order chi connectivity index (χ1) is 8.56. The van der Waals surface area contributed by atoms with E-state index in [-0.39, 0.29) is 5.82 Å². The summed E-state index contributed by atoms with van der Waals surface area (Å²) >= 11 is 0. The molecule has 0 aromatic heterocycles. The molecule has 0 nitrogen and oxygen atoms in total. The predicted molar refractivity (Wildman–Crippen MR) is 76.0 cm³/mol. The van der Waals surface area contributed by atoms with Crippen LogP contribution in [0.4, 0.5) is 4.39 Å². The van der Waals surface area contributed by atoms with Crippen molar-refractivity contribution in [3.05, 3.63) is 70.0 Å². The van der Waals surface area contributed by atoms with Gasteiger partial charge in [-0.05, 0) is 54.7 Å². The summed E-state index contributed by atoms with van der Waals surface area (Å²) in [6.07, 6.45) is 3.95. The molecule has 2 aromatic rings. The van der Waals surface area contributed by atoms with Gasteiger partial charge in [-0.15, -0.1) is 0 Å². The second-order valence-corrected chi connectivity index (χ2v) is 4.69. The number of benzene rings is 2. The van der Waals surface area contributed by atoms with Crippen LogP contribution in [0, 0.1) is 26.6 Å². The van der Waals surface area contributed by atoms with Crippen molar-refractivity contribution in [3.63, 3.8) is 0 Å². The fraction of sp³-hybridized carbons (Fsp3) is 0.176. The number of rotatable bonds is 2. The van der Waals surface area contributed by atoms with Crippen molar-refractivity contribution >= 4 is 12.2 Å². The van der Waals surface area contributed by atoms with Crippen LogP contribution in [0.1, 0.15) is 27.8 Å². The maximum absolute atomic E-state index is 13.4. The van der Waals surface area contributed by atoms with Crippen LogP contribution in [0.25, 0.3) is 12.2 Å². The third-order valence-electron chi connectivity index (χ3n) is 3.20. The molecule has 0 saturated carbocycles. The van der Waals surface area contributed by atoms with Crippen LogP contribution in [-0.4, -0.2) is 0 Å². The maximum Gasteiger partial charge on any atom is 0.126 e. The minimum atomic E-state index is -0.155. The van der Waals surface area contributed by atoms with Crippen LogP contribution in [0.15, 0.2) is 36.4 Å². The second kappa shape index (κ2) is 5.18. The molecule has 0 saturated heterocycles. The van der Waals surface area contributed by atoms with E-state index in [0.29, 0.717) is 5.56 Å². The van der Waals surface area contributed by atoms with Gasteiger partial charge in [-0.25, -0.2) is 4.39 Å². The topological polar surface area (TPSA) is 0 Å². The molecule has 0 fully saturated rings. The molecule has 0 N–H and O–H groups in total. The van der Waals surface area contributed by atoms with E-state index in [1.165, 1.54) is 11.1 Å². The highest BCUT2D eigenvalue weighted by molar-refractivity contribution is 5.70. The quantitative estimate of drug-likeness (QED) is 0.653. The summed E-state index contributed by atoms with van der Waals surface area (Å²) in [5.41, 5.74) is 5.26. The zero-order chi connectivity index (χ0) is 13.1. The smallest absolute Gasteiger partial charge is 0.126 e. The van der Waals surface area contributed by atoms with Crippen LogP contribution in [0.3, 0.4) is 0 Å². The molecule has 0 heterocycles. The highest BCUT2D eigenvalue weighted by Crippen LogP contribution is 2.15. The first-order valence-electron chi connectivity index (χ1n) is 6.08. The van der Waals surface area contributed by atoms with Crippen molar-refractivity contribution in [2.24, 2.45) is 0 Å². The second-order valence-electron chi connectivity index (χ2n) is 4.69. The first kappa shape index (κ1) is 12.6. The summed E-state index contributed by atoms with van der Waals surface area (Å²) < 4.78 is 13.4. The van der Waals surface area contributed by atoms with E-state index in [9.17, 15) is 4.39 Å². The van der Waals surface area contributed by atoms with Gasteiger partial charge in [0.1, 0.15) is 5.82 Å². The normalized spacial score (nSPS) is 11.1. The van der Waals surface area contributed by atoms with Crippen molar-refractivity contribution in [1.82, 2.24) is 0 Å². The highest BCUT2D eigenvalue weighted by atomic mass is 19.1. The zero-order valence-corrected chi connectivity index (χ0v) is 11.0. The van der Waals surface area contributed by atoms with Crippen LogP contribution in [-0.2, 0) is 0 Å². The predicted octanol–water partition coefficient (Wildman–Crippen LogP) is 4.92. The Bertz CT molecular complexity index is 541. The average Bonchev–Trinajstić information content (AvgIpc) is 2.35. The minimum absolute atomic E-state index is 0.155. The molecule has 0 amide bonds. The van der Waals surface area contributed by atoms with Gasteiger partial charge in [0, 0.05) is 0 Å². The van der Waals surface area contributed by atoms with E-state index in [1.54, 1.807) is 19.1 Å². The van der Waals surface area contributed by atoms with E-state index in [2.05, 4.69) is 32.0 Å². The third kappa shape index (κ3) is 2.86. The van der Waals surface area contributed by atoms with E-state index in [0.717, 1.165) is 11.1 Å². The van der Waals surface area contributed by atoms with E-state index >= 15 is 0 Å². The molecule has 0 aliphatic carbocycles. The fourth-order valence-corrected chi connectivity index (χ4v) is 1.77. The van der Waals surface area contributed by atoms with Gasteiger partial charge in [0.2, 0.25) is 0 Å². The lowest BCUT2D eigenvalue weighted by molar-refractivity contribution is 0.618. The maximum atomic E-state index is 13.4. The lowest BCUT2D eigenvalue weighted by atomic mass is 10.0. The van der Waals surface area contributed by atoms with Gasteiger partial charge in [0.25, 0.3) is 0 Å². The molecule has 0 atom stereocenters. The molecule has 0 spiro atoms. The zero-order valence-electron chi connectivity index (χ0n) is 11.0. The van der Waals surface area contributed by atoms with Gasteiger partial charge in [0.05, 0.1) is 0 Å². The van der Waals surface area contributed by atoms with Crippen molar-refractivity contribution in [1.29, 1.82) is 0 Å². The SMILES string of the molecule is Cc1ccc(/C=C/c2ccc(C)c(F)c2)cc1C. The Kier molecular flexibility index (Phi) is 3.61. The molecule has 92 valence electrons. The Hall–Kier alpha value is -1.89. The molecular weight excluding hydrogens is 223 g/mol. The molecule has 18 heavy (non-hydrogen) atoms. The van der Waals surface area contributed by atoms with Gasteiger partial charge in [-0.1, -0.05) is 42.5 Å². The Morgan fingerprint density at radius 1 is 0.722 bits per heavy atom. The van der Waals surface area contributed by atoms with Gasteiger partial charge < -0.3 is 0 Å². The highest BCUT2D eigenvalue weighted by Gasteiger charge is 1.97. The molecule has 0 radical (unpaired) electrons. The van der Waals surface area contributed by atoms with Gasteiger partial charge >= 0.3 is 0 Å². The summed E-state index contributed by atoms with van der Waals surface area (Å²) in [4.78, 5) is 0. The Balaban J connectivity index is 2.24. The lowest BCUT2D eigenvalue weighted by Crippen LogP contribution is -1.83. The van der Waals surface area contributed by atoms with Gasteiger partial charge in [-0.2, -0.15) is 0 Å². The molecular formula is C17H17F.